The highest BCUT2D eigenvalue weighted by atomic mass is 16.4. The van der Waals surface area contributed by atoms with E-state index in [2.05, 4.69) is 0 Å². The highest BCUT2D eigenvalue weighted by Gasteiger charge is 2.15. The van der Waals surface area contributed by atoms with Gasteiger partial charge in [0.25, 0.3) is 0 Å². The van der Waals surface area contributed by atoms with Crippen LogP contribution in [0.1, 0.15) is 18.9 Å². The van der Waals surface area contributed by atoms with E-state index in [0.29, 0.717) is 5.57 Å². The normalized spacial score (nSPS) is 11.8. The SMILES string of the molecule is C/C(=C(/CC(=O)O)C(=O)O)c1ccccc1. The molecule has 84 valence electrons. The second kappa shape index (κ2) is 5.11. The van der Waals surface area contributed by atoms with Crippen LogP contribution in [0.15, 0.2) is 35.9 Å². The zero-order valence-electron chi connectivity index (χ0n) is 8.80. The topological polar surface area (TPSA) is 74.6 Å². The van der Waals surface area contributed by atoms with E-state index in [1.807, 2.05) is 6.07 Å². The van der Waals surface area contributed by atoms with Crippen molar-refractivity contribution in [2.45, 2.75) is 13.3 Å². The number of carbonyl (C=O) groups is 2. The van der Waals surface area contributed by atoms with Gasteiger partial charge in [-0.2, -0.15) is 0 Å². The highest BCUT2D eigenvalue weighted by molar-refractivity contribution is 5.99. The molecule has 0 amide bonds. The second-order valence-corrected chi connectivity index (χ2v) is 3.35. The third-order valence-electron chi connectivity index (χ3n) is 2.25. The maximum Gasteiger partial charge on any atom is 0.332 e. The van der Waals surface area contributed by atoms with Gasteiger partial charge in [0.1, 0.15) is 0 Å². The first-order chi connectivity index (χ1) is 7.52. The lowest BCUT2D eigenvalue weighted by Crippen LogP contribution is -2.08. The Morgan fingerprint density at radius 1 is 1.12 bits per heavy atom. The van der Waals surface area contributed by atoms with Crippen LogP contribution in [0.2, 0.25) is 0 Å². The smallest absolute Gasteiger partial charge is 0.332 e. The summed E-state index contributed by atoms with van der Waals surface area (Å²) in [6, 6.07) is 8.87. The molecule has 0 atom stereocenters. The fourth-order valence-corrected chi connectivity index (χ4v) is 1.38. The zero-order chi connectivity index (χ0) is 12.1. The van der Waals surface area contributed by atoms with Gasteiger partial charge in [0, 0.05) is 0 Å². The van der Waals surface area contributed by atoms with E-state index in [0.717, 1.165) is 5.56 Å². The lowest BCUT2D eigenvalue weighted by molar-refractivity contribution is -0.139. The summed E-state index contributed by atoms with van der Waals surface area (Å²) in [7, 11) is 0. The predicted octanol–water partition coefficient (Wildman–Crippen LogP) is 2.02. The molecule has 2 N–H and O–H groups in total. The number of benzene rings is 1. The van der Waals surface area contributed by atoms with Gasteiger partial charge in [0.05, 0.1) is 12.0 Å². The third kappa shape index (κ3) is 2.95. The van der Waals surface area contributed by atoms with Crippen LogP contribution in [-0.2, 0) is 9.59 Å². The molecule has 0 saturated carbocycles. The van der Waals surface area contributed by atoms with Crippen LogP contribution in [0.5, 0.6) is 0 Å². The molecule has 0 fully saturated rings. The minimum absolute atomic E-state index is 0.0845. The van der Waals surface area contributed by atoms with Crippen LogP contribution < -0.4 is 0 Å². The van der Waals surface area contributed by atoms with Crippen LogP contribution in [0.4, 0.5) is 0 Å². The first kappa shape index (κ1) is 12.0. The molecule has 0 bridgehead atoms. The Bertz CT molecular complexity index is 432. The van der Waals surface area contributed by atoms with E-state index in [1.165, 1.54) is 0 Å². The zero-order valence-corrected chi connectivity index (χ0v) is 8.80. The van der Waals surface area contributed by atoms with E-state index in [4.69, 9.17) is 10.2 Å². The lowest BCUT2D eigenvalue weighted by atomic mass is 9.99. The van der Waals surface area contributed by atoms with Crippen molar-refractivity contribution in [3.8, 4) is 0 Å². The van der Waals surface area contributed by atoms with Crippen molar-refractivity contribution >= 4 is 17.5 Å². The van der Waals surface area contributed by atoms with Crippen molar-refractivity contribution in [3.05, 3.63) is 41.5 Å². The molecule has 4 nitrogen and oxygen atoms in total. The number of carboxylic acids is 2. The van der Waals surface area contributed by atoms with Crippen LogP contribution in [0, 0.1) is 0 Å². The van der Waals surface area contributed by atoms with E-state index in [-0.39, 0.29) is 5.57 Å². The number of rotatable bonds is 4. The summed E-state index contributed by atoms with van der Waals surface area (Å²) in [5, 5.41) is 17.6. The molecule has 1 rings (SSSR count). The first-order valence-electron chi connectivity index (χ1n) is 4.72. The summed E-state index contributed by atoms with van der Waals surface area (Å²) in [6.45, 7) is 1.61. The second-order valence-electron chi connectivity index (χ2n) is 3.35. The Morgan fingerprint density at radius 3 is 2.12 bits per heavy atom. The number of aliphatic carboxylic acids is 2. The largest absolute Gasteiger partial charge is 0.481 e. The molecular formula is C12H12O4. The number of hydrogen-bond acceptors (Lipinski definition) is 2. The molecule has 0 spiro atoms. The summed E-state index contributed by atoms with van der Waals surface area (Å²) in [4.78, 5) is 21.5. The quantitative estimate of drug-likeness (QED) is 0.761. The van der Waals surface area contributed by atoms with Crippen molar-refractivity contribution in [1.29, 1.82) is 0 Å². The van der Waals surface area contributed by atoms with Crippen molar-refractivity contribution in [3.63, 3.8) is 0 Å². The van der Waals surface area contributed by atoms with Gasteiger partial charge in [0.15, 0.2) is 0 Å². The van der Waals surface area contributed by atoms with Crippen LogP contribution >= 0.6 is 0 Å². The highest BCUT2D eigenvalue weighted by Crippen LogP contribution is 2.20. The monoisotopic (exact) mass is 220 g/mol. The standard InChI is InChI=1S/C12H12O4/c1-8(9-5-3-2-4-6-9)10(12(15)16)7-11(13)14/h2-6H,7H2,1H3,(H,13,14)(H,15,16)/b10-8+. The van der Waals surface area contributed by atoms with Crippen molar-refractivity contribution in [2.75, 3.05) is 0 Å². The molecule has 0 aromatic heterocycles. The molecule has 16 heavy (non-hydrogen) atoms. The molecule has 0 radical (unpaired) electrons. The molecule has 0 aliphatic rings. The minimum Gasteiger partial charge on any atom is -0.481 e. The Balaban J connectivity index is 3.16. The fourth-order valence-electron chi connectivity index (χ4n) is 1.38. The van der Waals surface area contributed by atoms with E-state index < -0.39 is 18.4 Å². The van der Waals surface area contributed by atoms with Crippen LogP contribution in [0.3, 0.4) is 0 Å². The maximum atomic E-state index is 10.9. The molecule has 0 aliphatic heterocycles. The average molecular weight is 220 g/mol. The Labute approximate surface area is 92.8 Å². The van der Waals surface area contributed by atoms with E-state index >= 15 is 0 Å². The lowest BCUT2D eigenvalue weighted by Gasteiger charge is -2.06. The van der Waals surface area contributed by atoms with Gasteiger partial charge in [0.2, 0.25) is 0 Å². The molecule has 1 aromatic carbocycles. The Hall–Kier alpha value is -2.10. The number of hydrogen-bond donors (Lipinski definition) is 2. The van der Waals surface area contributed by atoms with Gasteiger partial charge in [-0.25, -0.2) is 4.79 Å². The molecule has 0 unspecified atom stereocenters. The molecule has 0 heterocycles. The van der Waals surface area contributed by atoms with E-state index in [1.54, 1.807) is 31.2 Å². The summed E-state index contributed by atoms with van der Waals surface area (Å²) in [6.07, 6.45) is -0.476. The minimum atomic E-state index is -1.19. The predicted molar refractivity (Wildman–Crippen MR) is 58.9 cm³/mol. The van der Waals surface area contributed by atoms with Crippen molar-refractivity contribution in [1.82, 2.24) is 0 Å². The Kier molecular flexibility index (Phi) is 3.83. The molecule has 1 aromatic rings. The van der Waals surface area contributed by atoms with Crippen molar-refractivity contribution in [2.24, 2.45) is 0 Å². The van der Waals surface area contributed by atoms with Gasteiger partial charge in [-0.1, -0.05) is 30.3 Å². The van der Waals surface area contributed by atoms with Gasteiger partial charge in [-0.15, -0.1) is 0 Å². The van der Waals surface area contributed by atoms with Crippen LogP contribution in [0.25, 0.3) is 5.57 Å². The molecular weight excluding hydrogens is 208 g/mol. The Morgan fingerprint density at radius 2 is 1.69 bits per heavy atom. The number of allylic oxidation sites excluding steroid dienone is 1. The third-order valence-corrected chi connectivity index (χ3v) is 2.25. The van der Waals surface area contributed by atoms with Gasteiger partial charge in [-0.05, 0) is 18.1 Å². The number of carboxylic acid groups (broad SMARTS) is 2. The summed E-state index contributed by atoms with van der Waals surface area (Å²) >= 11 is 0. The van der Waals surface area contributed by atoms with Gasteiger partial charge >= 0.3 is 11.9 Å². The van der Waals surface area contributed by atoms with Gasteiger partial charge in [-0.3, -0.25) is 4.79 Å². The molecule has 0 aliphatic carbocycles. The molecule has 0 saturated heterocycles. The summed E-state index contributed by atoms with van der Waals surface area (Å²) in [5.74, 6) is -2.34. The average Bonchev–Trinajstić information content (AvgIpc) is 2.25. The van der Waals surface area contributed by atoms with Crippen LogP contribution in [-0.4, -0.2) is 22.2 Å². The first-order valence-corrected chi connectivity index (χ1v) is 4.72. The van der Waals surface area contributed by atoms with E-state index in [9.17, 15) is 9.59 Å². The van der Waals surface area contributed by atoms with Crippen molar-refractivity contribution < 1.29 is 19.8 Å². The van der Waals surface area contributed by atoms with Gasteiger partial charge < -0.3 is 10.2 Å². The molecule has 4 heteroatoms. The summed E-state index contributed by atoms with van der Waals surface area (Å²) < 4.78 is 0. The fraction of sp³-hybridized carbons (Fsp3) is 0.167. The maximum absolute atomic E-state index is 10.9. The summed E-state index contributed by atoms with van der Waals surface area (Å²) in [5.41, 5.74) is 1.12.